The fourth-order valence-corrected chi connectivity index (χ4v) is 1.69. The van der Waals surface area contributed by atoms with Gasteiger partial charge in [-0.25, -0.2) is 4.79 Å². The molecular weight excluding hydrogens is 284 g/mol. The predicted molar refractivity (Wildman–Crippen MR) is 71.5 cm³/mol. The number of aliphatic carboxylic acids is 1. The summed E-state index contributed by atoms with van der Waals surface area (Å²) in [6.07, 6.45) is 2.48. The van der Waals surface area contributed by atoms with Crippen LogP contribution in [0.3, 0.4) is 0 Å². The Morgan fingerprint density at radius 2 is 2.35 bits per heavy atom. The molecule has 20 heavy (non-hydrogen) atoms. The van der Waals surface area contributed by atoms with E-state index in [1.165, 1.54) is 6.08 Å². The normalized spacial score (nSPS) is 10.9. The van der Waals surface area contributed by atoms with Crippen LogP contribution in [0, 0.1) is 6.92 Å². The number of aromatic nitrogens is 2. The Morgan fingerprint density at radius 3 is 2.95 bits per heavy atom. The molecule has 0 unspecified atom stereocenters. The second-order valence-electron chi connectivity index (χ2n) is 3.88. The molecule has 0 atom stereocenters. The van der Waals surface area contributed by atoms with Crippen LogP contribution in [-0.4, -0.2) is 21.2 Å². The molecule has 0 radical (unpaired) electrons. The third-order valence-corrected chi connectivity index (χ3v) is 2.60. The summed E-state index contributed by atoms with van der Waals surface area (Å²) in [5, 5.41) is 12.6. The molecule has 1 aromatic heterocycles. The van der Waals surface area contributed by atoms with E-state index in [2.05, 4.69) is 10.1 Å². The molecule has 104 valence electrons. The van der Waals surface area contributed by atoms with Crippen molar-refractivity contribution in [3.05, 3.63) is 46.6 Å². The van der Waals surface area contributed by atoms with E-state index < -0.39 is 5.97 Å². The maximum atomic E-state index is 10.4. The van der Waals surface area contributed by atoms with Gasteiger partial charge >= 0.3 is 5.97 Å². The summed E-state index contributed by atoms with van der Waals surface area (Å²) in [6.45, 7) is 1.83. The molecule has 7 heteroatoms. The lowest BCUT2D eigenvalue weighted by atomic mass is 10.2. The van der Waals surface area contributed by atoms with Crippen molar-refractivity contribution < 1.29 is 19.2 Å². The summed E-state index contributed by atoms with van der Waals surface area (Å²) in [6, 6.07) is 4.96. The highest BCUT2D eigenvalue weighted by Gasteiger charge is 2.06. The average molecular weight is 295 g/mol. The van der Waals surface area contributed by atoms with Crippen LogP contribution in [0.25, 0.3) is 6.08 Å². The highest BCUT2D eigenvalue weighted by Crippen LogP contribution is 2.26. The molecule has 0 amide bonds. The number of halogens is 1. The smallest absolute Gasteiger partial charge is 0.328 e. The molecule has 6 nitrogen and oxygen atoms in total. The van der Waals surface area contributed by atoms with Gasteiger partial charge in [-0.15, -0.1) is 0 Å². The zero-order chi connectivity index (χ0) is 14.5. The zero-order valence-electron chi connectivity index (χ0n) is 10.5. The Balaban J connectivity index is 2.04. The molecule has 1 aromatic carbocycles. The first kappa shape index (κ1) is 14.1. The molecule has 1 heterocycles. The minimum Gasteiger partial charge on any atom is -0.484 e. The van der Waals surface area contributed by atoms with Gasteiger partial charge in [-0.2, -0.15) is 4.98 Å². The van der Waals surface area contributed by atoms with E-state index in [1.54, 1.807) is 25.1 Å². The largest absolute Gasteiger partial charge is 0.484 e. The number of benzene rings is 1. The van der Waals surface area contributed by atoms with E-state index in [9.17, 15) is 4.79 Å². The Labute approximate surface area is 119 Å². The molecule has 0 saturated carbocycles. The molecule has 0 spiro atoms. The van der Waals surface area contributed by atoms with Crippen LogP contribution in [0.2, 0.25) is 5.02 Å². The number of ether oxygens (including phenoxy) is 1. The van der Waals surface area contributed by atoms with Gasteiger partial charge in [0, 0.05) is 13.0 Å². The van der Waals surface area contributed by atoms with Gasteiger partial charge in [0.25, 0.3) is 0 Å². The van der Waals surface area contributed by atoms with Gasteiger partial charge in [0.2, 0.25) is 11.7 Å². The van der Waals surface area contributed by atoms with Crippen LogP contribution in [0.4, 0.5) is 0 Å². The Morgan fingerprint density at radius 1 is 1.55 bits per heavy atom. The third kappa shape index (κ3) is 3.83. The Kier molecular flexibility index (Phi) is 4.37. The van der Waals surface area contributed by atoms with Crippen molar-refractivity contribution in [1.82, 2.24) is 10.1 Å². The Hall–Kier alpha value is -2.34. The second kappa shape index (κ2) is 6.21. The SMILES string of the molecule is Cc1nc(COc2ccc(C=CC(=O)O)cc2Cl)no1. The predicted octanol–water partition coefficient (Wildman–Crippen LogP) is 2.71. The molecule has 0 fully saturated rings. The quantitative estimate of drug-likeness (QED) is 0.853. The first-order valence-electron chi connectivity index (χ1n) is 5.67. The lowest BCUT2D eigenvalue weighted by Crippen LogP contribution is -1.98. The maximum Gasteiger partial charge on any atom is 0.328 e. The van der Waals surface area contributed by atoms with Gasteiger partial charge in [-0.3, -0.25) is 0 Å². The maximum absolute atomic E-state index is 10.4. The number of hydrogen-bond donors (Lipinski definition) is 1. The van der Waals surface area contributed by atoms with Gasteiger partial charge in [-0.1, -0.05) is 22.8 Å². The third-order valence-electron chi connectivity index (χ3n) is 2.30. The first-order valence-corrected chi connectivity index (χ1v) is 6.05. The molecular formula is C13H11ClN2O4. The topological polar surface area (TPSA) is 85.5 Å². The number of carboxylic acids is 1. The van der Waals surface area contributed by atoms with Crippen LogP contribution >= 0.6 is 11.6 Å². The standard InChI is InChI=1S/C13H11ClN2O4/c1-8-15-12(16-20-8)7-19-11-4-2-9(6-10(11)14)3-5-13(17)18/h2-6H,7H2,1H3,(H,17,18). The van der Waals surface area contributed by atoms with Crippen molar-refractivity contribution in [2.75, 3.05) is 0 Å². The van der Waals surface area contributed by atoms with E-state index in [1.807, 2.05) is 0 Å². The van der Waals surface area contributed by atoms with Crippen molar-refractivity contribution >= 4 is 23.6 Å². The number of carboxylic acid groups (broad SMARTS) is 1. The van der Waals surface area contributed by atoms with Crippen molar-refractivity contribution in [1.29, 1.82) is 0 Å². The van der Waals surface area contributed by atoms with Crippen molar-refractivity contribution in [3.8, 4) is 5.75 Å². The highest BCUT2D eigenvalue weighted by molar-refractivity contribution is 6.32. The number of nitrogens with zero attached hydrogens (tertiary/aromatic N) is 2. The van der Waals surface area contributed by atoms with Gasteiger partial charge in [-0.05, 0) is 23.8 Å². The molecule has 0 aliphatic carbocycles. The second-order valence-corrected chi connectivity index (χ2v) is 4.29. The summed E-state index contributed by atoms with van der Waals surface area (Å²) < 4.78 is 10.3. The summed E-state index contributed by atoms with van der Waals surface area (Å²) in [4.78, 5) is 14.4. The zero-order valence-corrected chi connectivity index (χ0v) is 11.3. The van der Waals surface area contributed by atoms with Crippen LogP contribution in [0.1, 0.15) is 17.3 Å². The molecule has 0 saturated heterocycles. The summed E-state index contributed by atoms with van der Waals surface area (Å²) in [7, 11) is 0. The average Bonchev–Trinajstić information content (AvgIpc) is 2.81. The Bertz CT molecular complexity index is 652. The van der Waals surface area contributed by atoms with Crippen molar-refractivity contribution in [2.24, 2.45) is 0 Å². The van der Waals surface area contributed by atoms with Crippen LogP contribution < -0.4 is 4.74 Å². The van der Waals surface area contributed by atoms with E-state index in [4.69, 9.17) is 26.0 Å². The summed E-state index contributed by atoms with van der Waals surface area (Å²) in [5.74, 6) is 0.327. The van der Waals surface area contributed by atoms with Crippen molar-refractivity contribution in [2.45, 2.75) is 13.5 Å². The fraction of sp³-hybridized carbons (Fsp3) is 0.154. The molecule has 0 aliphatic heterocycles. The lowest BCUT2D eigenvalue weighted by molar-refractivity contribution is -0.131. The van der Waals surface area contributed by atoms with Crippen LogP contribution in [0.5, 0.6) is 5.75 Å². The van der Waals surface area contributed by atoms with Gasteiger partial charge in [0.05, 0.1) is 5.02 Å². The molecule has 1 N–H and O–H groups in total. The first-order chi connectivity index (χ1) is 9.54. The molecule has 2 rings (SSSR count). The summed E-state index contributed by atoms with van der Waals surface area (Å²) >= 11 is 6.05. The number of carbonyl (C=O) groups is 1. The van der Waals surface area contributed by atoms with E-state index in [-0.39, 0.29) is 6.61 Å². The number of aryl methyl sites for hydroxylation is 1. The molecule has 2 aromatic rings. The van der Waals surface area contributed by atoms with E-state index >= 15 is 0 Å². The van der Waals surface area contributed by atoms with E-state index in [0.717, 1.165) is 6.08 Å². The van der Waals surface area contributed by atoms with Gasteiger partial charge in [0.1, 0.15) is 5.75 Å². The lowest BCUT2D eigenvalue weighted by Gasteiger charge is -2.06. The highest BCUT2D eigenvalue weighted by atomic mass is 35.5. The van der Waals surface area contributed by atoms with Crippen LogP contribution in [0.15, 0.2) is 28.8 Å². The van der Waals surface area contributed by atoms with Gasteiger partial charge in [0.15, 0.2) is 6.61 Å². The van der Waals surface area contributed by atoms with E-state index in [0.29, 0.717) is 28.1 Å². The summed E-state index contributed by atoms with van der Waals surface area (Å²) in [5.41, 5.74) is 0.667. The molecule has 0 bridgehead atoms. The van der Waals surface area contributed by atoms with Gasteiger partial charge < -0.3 is 14.4 Å². The van der Waals surface area contributed by atoms with Crippen molar-refractivity contribution in [3.63, 3.8) is 0 Å². The minimum absolute atomic E-state index is 0.140. The fourth-order valence-electron chi connectivity index (χ4n) is 1.45. The number of rotatable bonds is 5. The van der Waals surface area contributed by atoms with Crippen LogP contribution in [-0.2, 0) is 11.4 Å². The minimum atomic E-state index is -1.02. The molecule has 0 aliphatic rings. The number of hydrogen-bond acceptors (Lipinski definition) is 5. The monoisotopic (exact) mass is 294 g/mol.